The summed E-state index contributed by atoms with van der Waals surface area (Å²) >= 11 is 0. The maximum absolute atomic E-state index is 12.7. The molecule has 2 aromatic heterocycles. The molecule has 0 saturated carbocycles. The topological polar surface area (TPSA) is 88.5 Å². The van der Waals surface area contributed by atoms with Crippen LogP contribution in [0, 0.1) is 0 Å². The first-order valence-corrected chi connectivity index (χ1v) is 13.0. The number of aliphatic hydroxyl groups excluding tert-OH is 1. The van der Waals surface area contributed by atoms with E-state index in [9.17, 15) is 9.90 Å². The average molecular weight is 524 g/mol. The van der Waals surface area contributed by atoms with E-state index in [0.717, 1.165) is 46.1 Å². The van der Waals surface area contributed by atoms with Gasteiger partial charge in [-0.25, -0.2) is 0 Å². The summed E-state index contributed by atoms with van der Waals surface area (Å²) in [7, 11) is 3.27. The van der Waals surface area contributed by atoms with Gasteiger partial charge in [-0.05, 0) is 79.2 Å². The lowest BCUT2D eigenvalue weighted by molar-refractivity contribution is 0.104. The number of rotatable bonds is 12. The largest absolute Gasteiger partial charge is 0.497 e. The number of carbonyl (C=O) groups is 1. The number of ketones is 1. The number of hydrogen-bond acceptors (Lipinski definition) is 5. The van der Waals surface area contributed by atoms with Gasteiger partial charge in [0.1, 0.15) is 11.5 Å². The zero-order valence-electron chi connectivity index (χ0n) is 22.2. The molecule has 2 heterocycles. The predicted octanol–water partition coefficient (Wildman–Crippen LogP) is 5.23. The van der Waals surface area contributed by atoms with Gasteiger partial charge in [0, 0.05) is 58.4 Å². The van der Waals surface area contributed by atoms with Gasteiger partial charge in [-0.1, -0.05) is 18.2 Å². The van der Waals surface area contributed by atoms with Gasteiger partial charge in [0.25, 0.3) is 0 Å². The molecule has 5 aromatic rings. The standard InChI is InChI=1S/C32H33N3O4/c1-38-26-10-7-22(8-11-26)32(37)14-9-24-20-35(31-6-4-3-5-28(24)31)21-25(36)19-33-16-15-23-18-34-30-13-12-27(39-2)17-29(23)30/h3-14,17-18,20,25,33-34,36H,15-16,19,21H2,1-2H3. The molecule has 39 heavy (non-hydrogen) atoms. The van der Waals surface area contributed by atoms with Crippen molar-refractivity contribution in [3.05, 3.63) is 102 Å². The number of aliphatic hydroxyl groups is 1. The van der Waals surface area contributed by atoms with Crippen LogP contribution >= 0.6 is 0 Å². The number of aromatic nitrogens is 2. The normalized spacial score (nSPS) is 12.4. The Morgan fingerprint density at radius 1 is 1.03 bits per heavy atom. The van der Waals surface area contributed by atoms with Crippen LogP contribution in [-0.2, 0) is 13.0 Å². The summed E-state index contributed by atoms with van der Waals surface area (Å²) in [6, 6.07) is 21.1. The molecule has 0 spiro atoms. The first-order valence-electron chi connectivity index (χ1n) is 13.0. The van der Waals surface area contributed by atoms with Gasteiger partial charge in [-0.15, -0.1) is 0 Å². The lowest BCUT2D eigenvalue weighted by Gasteiger charge is -2.14. The number of nitrogens with zero attached hydrogens (tertiary/aromatic N) is 1. The minimum Gasteiger partial charge on any atom is -0.497 e. The second kappa shape index (κ2) is 12.0. The molecule has 0 fully saturated rings. The van der Waals surface area contributed by atoms with E-state index in [-0.39, 0.29) is 5.78 Å². The molecular weight excluding hydrogens is 490 g/mol. The number of para-hydroxylation sites is 1. The van der Waals surface area contributed by atoms with Gasteiger partial charge in [-0.3, -0.25) is 4.79 Å². The third-order valence-electron chi connectivity index (χ3n) is 6.94. The van der Waals surface area contributed by atoms with Crippen LogP contribution in [0.5, 0.6) is 11.5 Å². The second-order valence-electron chi connectivity index (χ2n) is 9.51. The van der Waals surface area contributed by atoms with Crippen LogP contribution < -0.4 is 14.8 Å². The Morgan fingerprint density at radius 3 is 2.59 bits per heavy atom. The molecule has 0 bridgehead atoms. The lowest BCUT2D eigenvalue weighted by atomic mass is 10.1. The van der Waals surface area contributed by atoms with E-state index in [0.29, 0.717) is 24.4 Å². The van der Waals surface area contributed by atoms with Crippen LogP contribution in [0.25, 0.3) is 27.9 Å². The number of allylic oxidation sites excluding steroid dienone is 1. The number of H-pyrrole nitrogens is 1. The molecule has 1 unspecified atom stereocenters. The van der Waals surface area contributed by atoms with Crippen molar-refractivity contribution in [1.82, 2.24) is 14.9 Å². The van der Waals surface area contributed by atoms with Gasteiger partial charge in [0.2, 0.25) is 0 Å². The van der Waals surface area contributed by atoms with E-state index in [1.165, 1.54) is 5.56 Å². The molecule has 0 amide bonds. The van der Waals surface area contributed by atoms with E-state index in [1.807, 2.05) is 65.5 Å². The average Bonchev–Trinajstić information content (AvgIpc) is 3.54. The molecule has 0 aliphatic heterocycles. The molecule has 3 aromatic carbocycles. The fourth-order valence-electron chi connectivity index (χ4n) is 4.85. The molecule has 0 saturated heterocycles. The molecule has 200 valence electrons. The van der Waals surface area contributed by atoms with Crippen LogP contribution in [0.1, 0.15) is 21.5 Å². The maximum Gasteiger partial charge on any atom is 0.185 e. The minimum atomic E-state index is -0.568. The smallest absolute Gasteiger partial charge is 0.185 e. The Morgan fingerprint density at radius 2 is 1.79 bits per heavy atom. The van der Waals surface area contributed by atoms with E-state index in [1.54, 1.807) is 44.6 Å². The fraction of sp³-hybridized carbons (Fsp3) is 0.219. The zero-order valence-corrected chi connectivity index (χ0v) is 22.2. The molecule has 0 aliphatic carbocycles. The number of carbonyl (C=O) groups excluding carboxylic acids is 1. The number of aromatic amines is 1. The second-order valence-corrected chi connectivity index (χ2v) is 9.51. The van der Waals surface area contributed by atoms with Gasteiger partial charge >= 0.3 is 0 Å². The number of nitrogens with one attached hydrogen (secondary N) is 2. The molecular formula is C32H33N3O4. The zero-order chi connectivity index (χ0) is 27.2. The van der Waals surface area contributed by atoms with Crippen molar-refractivity contribution in [2.45, 2.75) is 19.1 Å². The van der Waals surface area contributed by atoms with Crippen LogP contribution in [0.2, 0.25) is 0 Å². The monoisotopic (exact) mass is 523 g/mol. The Kier molecular flexibility index (Phi) is 8.10. The van der Waals surface area contributed by atoms with Crippen LogP contribution in [-0.4, -0.2) is 53.9 Å². The summed E-state index contributed by atoms with van der Waals surface area (Å²) in [6.07, 6.45) is 7.72. The number of ether oxygens (including phenoxy) is 2. The Labute approximate surface area is 227 Å². The first-order chi connectivity index (χ1) is 19.1. The highest BCUT2D eigenvalue weighted by atomic mass is 16.5. The summed E-state index contributed by atoms with van der Waals surface area (Å²) in [5.41, 5.74) is 4.84. The summed E-state index contributed by atoms with van der Waals surface area (Å²) in [6.45, 7) is 1.66. The van der Waals surface area contributed by atoms with Crippen molar-refractivity contribution < 1.29 is 19.4 Å². The van der Waals surface area contributed by atoms with Crippen molar-refractivity contribution in [1.29, 1.82) is 0 Å². The molecule has 0 radical (unpaired) electrons. The van der Waals surface area contributed by atoms with Crippen molar-refractivity contribution in [3.8, 4) is 11.5 Å². The number of hydrogen-bond donors (Lipinski definition) is 3. The van der Waals surface area contributed by atoms with Crippen molar-refractivity contribution in [3.63, 3.8) is 0 Å². The number of benzene rings is 3. The highest BCUT2D eigenvalue weighted by Gasteiger charge is 2.12. The highest BCUT2D eigenvalue weighted by molar-refractivity contribution is 6.07. The molecule has 1 atom stereocenters. The van der Waals surface area contributed by atoms with Crippen LogP contribution in [0.4, 0.5) is 0 Å². The van der Waals surface area contributed by atoms with Crippen molar-refractivity contribution in [2.24, 2.45) is 0 Å². The van der Waals surface area contributed by atoms with Gasteiger partial charge in [0.15, 0.2) is 5.78 Å². The SMILES string of the molecule is COc1ccc(C(=O)C=Cc2cn(CC(O)CNCCc3c[nH]c4ccc(OC)cc34)c3ccccc23)cc1. The van der Waals surface area contributed by atoms with Gasteiger partial charge < -0.3 is 29.4 Å². The van der Waals surface area contributed by atoms with E-state index in [2.05, 4.69) is 10.3 Å². The Balaban J connectivity index is 1.20. The van der Waals surface area contributed by atoms with E-state index in [4.69, 9.17) is 9.47 Å². The van der Waals surface area contributed by atoms with Crippen LogP contribution in [0.3, 0.4) is 0 Å². The molecule has 7 nitrogen and oxygen atoms in total. The Hall–Kier alpha value is -4.33. The third-order valence-corrected chi connectivity index (χ3v) is 6.94. The molecule has 0 aliphatic rings. The molecule has 5 rings (SSSR count). The summed E-state index contributed by atoms with van der Waals surface area (Å²) in [5, 5.41) is 16.4. The van der Waals surface area contributed by atoms with E-state index >= 15 is 0 Å². The summed E-state index contributed by atoms with van der Waals surface area (Å²) in [5.74, 6) is 1.47. The highest BCUT2D eigenvalue weighted by Crippen LogP contribution is 2.25. The van der Waals surface area contributed by atoms with Gasteiger partial charge in [-0.2, -0.15) is 0 Å². The van der Waals surface area contributed by atoms with Gasteiger partial charge in [0.05, 0.1) is 20.3 Å². The third kappa shape index (κ3) is 6.06. The summed E-state index contributed by atoms with van der Waals surface area (Å²) in [4.78, 5) is 16.0. The van der Waals surface area contributed by atoms with Crippen molar-refractivity contribution in [2.75, 3.05) is 27.3 Å². The number of fused-ring (bicyclic) bond motifs is 2. The fourth-order valence-corrected chi connectivity index (χ4v) is 4.85. The van der Waals surface area contributed by atoms with Crippen molar-refractivity contribution >= 4 is 33.7 Å². The van der Waals surface area contributed by atoms with E-state index < -0.39 is 6.10 Å². The first kappa shape index (κ1) is 26.3. The molecule has 3 N–H and O–H groups in total. The quantitative estimate of drug-likeness (QED) is 0.118. The summed E-state index contributed by atoms with van der Waals surface area (Å²) < 4.78 is 12.6. The number of methoxy groups -OCH3 is 2. The predicted molar refractivity (Wildman–Crippen MR) is 156 cm³/mol. The minimum absolute atomic E-state index is 0.0765. The Bertz CT molecular complexity index is 1600. The van der Waals surface area contributed by atoms with Crippen LogP contribution in [0.15, 0.2) is 85.2 Å². The lowest BCUT2D eigenvalue weighted by Crippen LogP contribution is -2.31. The maximum atomic E-state index is 12.7. The molecule has 7 heteroatoms.